The van der Waals surface area contributed by atoms with E-state index >= 15 is 0 Å². The lowest BCUT2D eigenvalue weighted by Crippen LogP contribution is -1.94. The standard InChI is InChI=1S/C7H10O2/c1-7-2-4-8-6-9-5-3-7/h2-5,7H,6H2,1H3/b4-2-,5-3?. The van der Waals surface area contributed by atoms with Crippen molar-refractivity contribution >= 4 is 0 Å². The van der Waals surface area contributed by atoms with Crippen molar-refractivity contribution in [2.75, 3.05) is 6.79 Å². The molecule has 0 aliphatic carbocycles. The number of rotatable bonds is 0. The molecule has 50 valence electrons. The Balaban J connectivity index is 2.44. The Kier molecular flexibility index (Phi) is 2.19. The normalized spacial score (nSPS) is 29.2. The minimum absolute atomic E-state index is 0.319. The first-order valence-corrected chi connectivity index (χ1v) is 2.96. The van der Waals surface area contributed by atoms with Gasteiger partial charge in [0.25, 0.3) is 0 Å². The third-order valence-electron chi connectivity index (χ3n) is 1.09. The van der Waals surface area contributed by atoms with Gasteiger partial charge in [-0.2, -0.15) is 0 Å². The summed E-state index contributed by atoms with van der Waals surface area (Å²) in [6, 6.07) is 0. The second-order valence-electron chi connectivity index (χ2n) is 1.97. The van der Waals surface area contributed by atoms with Crippen LogP contribution in [0, 0.1) is 5.92 Å². The van der Waals surface area contributed by atoms with Crippen LogP contribution in [0.4, 0.5) is 0 Å². The van der Waals surface area contributed by atoms with Crippen molar-refractivity contribution in [3.63, 3.8) is 0 Å². The molecule has 2 nitrogen and oxygen atoms in total. The first-order chi connectivity index (χ1) is 4.39. The quantitative estimate of drug-likeness (QED) is 0.491. The van der Waals surface area contributed by atoms with E-state index in [1.165, 1.54) is 0 Å². The van der Waals surface area contributed by atoms with Crippen molar-refractivity contribution in [3.05, 3.63) is 24.7 Å². The molecule has 0 amide bonds. The Labute approximate surface area is 54.8 Å². The zero-order chi connectivity index (χ0) is 6.53. The molecule has 0 N–H and O–H groups in total. The van der Waals surface area contributed by atoms with Crippen LogP contribution >= 0.6 is 0 Å². The van der Waals surface area contributed by atoms with E-state index in [9.17, 15) is 0 Å². The Bertz CT molecular complexity index is 113. The first kappa shape index (κ1) is 6.20. The van der Waals surface area contributed by atoms with Gasteiger partial charge in [0.15, 0.2) is 0 Å². The maximum absolute atomic E-state index is 4.89. The van der Waals surface area contributed by atoms with Crippen LogP contribution in [0.5, 0.6) is 0 Å². The summed E-state index contributed by atoms with van der Waals surface area (Å²) in [4.78, 5) is 0. The number of hydrogen-bond acceptors (Lipinski definition) is 2. The van der Waals surface area contributed by atoms with Gasteiger partial charge in [0.1, 0.15) is 0 Å². The zero-order valence-electron chi connectivity index (χ0n) is 5.41. The fourth-order valence-electron chi connectivity index (χ4n) is 0.541. The Morgan fingerprint density at radius 2 is 1.78 bits per heavy atom. The molecule has 0 fully saturated rings. The molecule has 0 bridgehead atoms. The van der Waals surface area contributed by atoms with Gasteiger partial charge in [-0.3, -0.25) is 0 Å². The summed E-state index contributed by atoms with van der Waals surface area (Å²) in [5, 5.41) is 0. The minimum Gasteiger partial charge on any atom is -0.465 e. The molecule has 1 rings (SSSR count). The fourth-order valence-corrected chi connectivity index (χ4v) is 0.541. The van der Waals surface area contributed by atoms with Crippen LogP contribution in [-0.2, 0) is 9.47 Å². The highest BCUT2D eigenvalue weighted by molar-refractivity contribution is 4.94. The molecule has 0 saturated heterocycles. The SMILES string of the molecule is CC1C=COCO/C=C\1. The predicted molar refractivity (Wildman–Crippen MR) is 34.5 cm³/mol. The van der Waals surface area contributed by atoms with Gasteiger partial charge in [-0.15, -0.1) is 0 Å². The Hall–Kier alpha value is -0.920. The van der Waals surface area contributed by atoms with Crippen molar-refractivity contribution in [2.24, 2.45) is 5.92 Å². The van der Waals surface area contributed by atoms with E-state index in [0.29, 0.717) is 12.7 Å². The number of hydrogen-bond donors (Lipinski definition) is 0. The van der Waals surface area contributed by atoms with Gasteiger partial charge in [0.2, 0.25) is 6.79 Å². The van der Waals surface area contributed by atoms with E-state index in [1.54, 1.807) is 12.5 Å². The molecule has 1 atom stereocenters. The van der Waals surface area contributed by atoms with Crippen LogP contribution in [-0.4, -0.2) is 6.79 Å². The molecule has 0 spiro atoms. The molecule has 0 aromatic carbocycles. The van der Waals surface area contributed by atoms with E-state index in [0.717, 1.165) is 0 Å². The molecule has 9 heavy (non-hydrogen) atoms. The molecule has 1 heterocycles. The van der Waals surface area contributed by atoms with E-state index in [-0.39, 0.29) is 0 Å². The molecule has 0 saturated carbocycles. The van der Waals surface area contributed by atoms with Gasteiger partial charge in [0.05, 0.1) is 12.5 Å². The highest BCUT2D eigenvalue weighted by atomic mass is 16.7. The highest BCUT2D eigenvalue weighted by Gasteiger charge is 1.91. The number of ether oxygens (including phenoxy) is 2. The van der Waals surface area contributed by atoms with Crippen molar-refractivity contribution in [1.82, 2.24) is 0 Å². The molecule has 1 aliphatic heterocycles. The summed E-state index contributed by atoms with van der Waals surface area (Å²) in [7, 11) is 0. The van der Waals surface area contributed by atoms with Gasteiger partial charge >= 0.3 is 0 Å². The largest absolute Gasteiger partial charge is 0.465 e. The summed E-state index contributed by atoms with van der Waals surface area (Å²) < 4.78 is 9.78. The first-order valence-electron chi connectivity index (χ1n) is 2.96. The van der Waals surface area contributed by atoms with Crippen LogP contribution in [0.3, 0.4) is 0 Å². The highest BCUT2D eigenvalue weighted by Crippen LogP contribution is 2.02. The van der Waals surface area contributed by atoms with E-state index in [2.05, 4.69) is 6.92 Å². The van der Waals surface area contributed by atoms with Crippen molar-refractivity contribution in [2.45, 2.75) is 6.92 Å². The maximum Gasteiger partial charge on any atom is 0.229 e. The van der Waals surface area contributed by atoms with Crippen LogP contribution in [0.25, 0.3) is 0 Å². The van der Waals surface area contributed by atoms with Gasteiger partial charge in [0, 0.05) is 0 Å². The van der Waals surface area contributed by atoms with Gasteiger partial charge in [-0.25, -0.2) is 0 Å². The molecular formula is C7H10O2. The molecule has 0 aromatic rings. The van der Waals surface area contributed by atoms with Crippen LogP contribution in [0.15, 0.2) is 24.7 Å². The van der Waals surface area contributed by atoms with Crippen LogP contribution in [0.2, 0.25) is 0 Å². The average molecular weight is 126 g/mol. The minimum atomic E-state index is 0.319. The number of allylic oxidation sites excluding steroid dienone is 2. The van der Waals surface area contributed by atoms with Crippen molar-refractivity contribution < 1.29 is 9.47 Å². The second kappa shape index (κ2) is 3.17. The molecule has 0 radical (unpaired) electrons. The second-order valence-corrected chi connectivity index (χ2v) is 1.97. The van der Waals surface area contributed by atoms with E-state index in [1.807, 2.05) is 12.2 Å². The molecule has 0 aromatic heterocycles. The van der Waals surface area contributed by atoms with E-state index < -0.39 is 0 Å². The van der Waals surface area contributed by atoms with Gasteiger partial charge < -0.3 is 9.47 Å². The summed E-state index contributed by atoms with van der Waals surface area (Å²) in [5.41, 5.74) is 0. The van der Waals surface area contributed by atoms with Crippen LogP contribution in [0.1, 0.15) is 6.92 Å². The molecule has 2 heteroatoms. The lowest BCUT2D eigenvalue weighted by atomic mass is 10.2. The average Bonchev–Trinajstić information content (AvgIpc) is 1.79. The van der Waals surface area contributed by atoms with Crippen molar-refractivity contribution in [1.29, 1.82) is 0 Å². The van der Waals surface area contributed by atoms with E-state index in [4.69, 9.17) is 9.47 Å². The third kappa shape index (κ3) is 2.22. The van der Waals surface area contributed by atoms with Crippen molar-refractivity contribution in [3.8, 4) is 0 Å². The smallest absolute Gasteiger partial charge is 0.229 e. The maximum atomic E-state index is 4.89. The van der Waals surface area contributed by atoms with Gasteiger partial charge in [-0.1, -0.05) is 6.92 Å². The molecule has 1 unspecified atom stereocenters. The molecular weight excluding hydrogens is 116 g/mol. The van der Waals surface area contributed by atoms with Gasteiger partial charge in [-0.05, 0) is 18.1 Å². The summed E-state index contributed by atoms with van der Waals surface area (Å²) in [5.74, 6) is 0.408. The topological polar surface area (TPSA) is 18.5 Å². The lowest BCUT2D eigenvalue weighted by Gasteiger charge is -2.05. The predicted octanol–water partition coefficient (Wildman–Crippen LogP) is 1.65. The monoisotopic (exact) mass is 126 g/mol. The summed E-state index contributed by atoms with van der Waals surface area (Å²) in [6.07, 6.45) is 7.26. The molecule has 1 aliphatic rings. The van der Waals surface area contributed by atoms with Crippen LogP contribution < -0.4 is 0 Å². The Morgan fingerprint density at radius 3 is 2.33 bits per heavy atom. The summed E-state index contributed by atoms with van der Waals surface area (Å²) in [6.45, 7) is 2.38. The fraction of sp³-hybridized carbons (Fsp3) is 0.429. The zero-order valence-corrected chi connectivity index (χ0v) is 5.41. The summed E-state index contributed by atoms with van der Waals surface area (Å²) >= 11 is 0. The Morgan fingerprint density at radius 1 is 1.22 bits per heavy atom. The third-order valence-corrected chi connectivity index (χ3v) is 1.09. The lowest BCUT2D eigenvalue weighted by molar-refractivity contribution is 0.0423.